The average molecular weight is 177 g/mol. The van der Waals surface area contributed by atoms with Gasteiger partial charge in [-0.05, 0) is 5.92 Å². The summed E-state index contributed by atoms with van der Waals surface area (Å²) < 4.78 is 5.21. The van der Waals surface area contributed by atoms with Gasteiger partial charge < -0.3 is 14.7 Å². The van der Waals surface area contributed by atoms with E-state index in [1.54, 1.807) is 0 Å². The summed E-state index contributed by atoms with van der Waals surface area (Å²) in [6, 6.07) is 0. The molecule has 0 aliphatic heterocycles. The number of aliphatic hydroxyl groups is 1. The van der Waals surface area contributed by atoms with Gasteiger partial charge in [0.15, 0.2) is 0 Å². The molecule has 0 amide bonds. The van der Waals surface area contributed by atoms with Crippen LogP contribution < -0.4 is 5.48 Å². The van der Waals surface area contributed by atoms with E-state index in [9.17, 15) is 5.11 Å². The summed E-state index contributed by atoms with van der Waals surface area (Å²) in [7, 11) is 1.52. The Balaban J connectivity index is 3.13. The Morgan fingerprint density at radius 1 is 1.33 bits per heavy atom. The SMILES string of the molecule is CONCC(O)COCC(C)C. The van der Waals surface area contributed by atoms with Crippen LogP contribution in [0.2, 0.25) is 0 Å². The fourth-order valence-corrected chi connectivity index (χ4v) is 0.678. The number of hydrogen-bond donors (Lipinski definition) is 2. The fourth-order valence-electron chi connectivity index (χ4n) is 0.678. The lowest BCUT2D eigenvalue weighted by Gasteiger charge is -2.12. The molecule has 4 heteroatoms. The molecule has 74 valence electrons. The predicted molar refractivity (Wildman–Crippen MR) is 46.7 cm³/mol. The van der Waals surface area contributed by atoms with Crippen molar-refractivity contribution in [3.05, 3.63) is 0 Å². The molecule has 0 aromatic heterocycles. The molecule has 0 saturated heterocycles. The summed E-state index contributed by atoms with van der Waals surface area (Å²) in [4.78, 5) is 4.57. The van der Waals surface area contributed by atoms with Crippen molar-refractivity contribution in [3.8, 4) is 0 Å². The molecular weight excluding hydrogens is 158 g/mol. The molecular formula is C8H19NO3. The number of nitrogens with one attached hydrogen (secondary N) is 1. The fraction of sp³-hybridized carbons (Fsp3) is 1.00. The standard InChI is InChI=1S/C8H19NO3/c1-7(2)5-12-6-8(10)4-9-11-3/h7-10H,4-6H2,1-3H3. The van der Waals surface area contributed by atoms with Gasteiger partial charge in [0.1, 0.15) is 0 Å². The van der Waals surface area contributed by atoms with Crippen LogP contribution in [0.5, 0.6) is 0 Å². The third-order valence-electron chi connectivity index (χ3n) is 1.22. The number of hydroxylamine groups is 1. The molecule has 0 spiro atoms. The highest BCUT2D eigenvalue weighted by Gasteiger charge is 2.03. The van der Waals surface area contributed by atoms with Gasteiger partial charge in [-0.25, -0.2) is 5.48 Å². The molecule has 0 aromatic rings. The average Bonchev–Trinajstić information content (AvgIpc) is 2.00. The zero-order valence-electron chi connectivity index (χ0n) is 8.04. The minimum Gasteiger partial charge on any atom is -0.389 e. The van der Waals surface area contributed by atoms with Gasteiger partial charge in [-0.1, -0.05) is 13.8 Å². The molecule has 4 nitrogen and oxygen atoms in total. The summed E-state index contributed by atoms with van der Waals surface area (Å²) >= 11 is 0. The van der Waals surface area contributed by atoms with Gasteiger partial charge in [0.2, 0.25) is 0 Å². The number of rotatable bonds is 7. The third kappa shape index (κ3) is 7.94. The first-order valence-electron chi connectivity index (χ1n) is 4.18. The van der Waals surface area contributed by atoms with Crippen molar-refractivity contribution in [1.82, 2.24) is 5.48 Å². The minimum atomic E-state index is -0.497. The second-order valence-corrected chi connectivity index (χ2v) is 3.14. The van der Waals surface area contributed by atoms with E-state index in [1.165, 1.54) is 7.11 Å². The highest BCUT2D eigenvalue weighted by molar-refractivity contribution is 4.53. The lowest BCUT2D eigenvalue weighted by Crippen LogP contribution is -2.30. The van der Waals surface area contributed by atoms with Gasteiger partial charge >= 0.3 is 0 Å². The molecule has 0 bridgehead atoms. The van der Waals surface area contributed by atoms with E-state index in [2.05, 4.69) is 24.2 Å². The first kappa shape index (κ1) is 11.8. The van der Waals surface area contributed by atoms with E-state index in [0.717, 1.165) is 0 Å². The predicted octanol–water partition coefficient (Wildman–Crippen LogP) is 0.171. The van der Waals surface area contributed by atoms with E-state index >= 15 is 0 Å². The van der Waals surface area contributed by atoms with E-state index < -0.39 is 6.10 Å². The Morgan fingerprint density at radius 3 is 2.50 bits per heavy atom. The number of ether oxygens (including phenoxy) is 1. The maximum absolute atomic E-state index is 9.23. The third-order valence-corrected chi connectivity index (χ3v) is 1.22. The van der Waals surface area contributed by atoms with Crippen LogP contribution in [0.4, 0.5) is 0 Å². The smallest absolute Gasteiger partial charge is 0.0920 e. The Hall–Kier alpha value is -0.160. The van der Waals surface area contributed by atoms with Crippen LogP contribution in [-0.2, 0) is 9.57 Å². The molecule has 1 atom stereocenters. The molecule has 0 fully saturated rings. The second kappa shape index (κ2) is 7.49. The first-order chi connectivity index (χ1) is 5.66. The van der Waals surface area contributed by atoms with Crippen LogP contribution in [0.15, 0.2) is 0 Å². The molecule has 0 aromatic carbocycles. The minimum absolute atomic E-state index is 0.356. The van der Waals surface area contributed by atoms with Crippen molar-refractivity contribution < 1.29 is 14.7 Å². The summed E-state index contributed by atoms with van der Waals surface area (Å²) in [5.74, 6) is 0.507. The molecule has 0 saturated carbocycles. The van der Waals surface area contributed by atoms with Crippen molar-refractivity contribution in [2.75, 3.05) is 26.9 Å². The van der Waals surface area contributed by atoms with Crippen LogP contribution in [0, 0.1) is 5.92 Å². The summed E-state index contributed by atoms with van der Waals surface area (Å²) in [5, 5.41) is 9.23. The Labute approximate surface area is 73.8 Å². The van der Waals surface area contributed by atoms with Crippen LogP contribution >= 0.6 is 0 Å². The lowest BCUT2D eigenvalue weighted by atomic mass is 10.2. The Bertz CT molecular complexity index is 98.3. The quantitative estimate of drug-likeness (QED) is 0.544. The van der Waals surface area contributed by atoms with Crippen molar-refractivity contribution in [1.29, 1.82) is 0 Å². The van der Waals surface area contributed by atoms with Crippen molar-refractivity contribution in [3.63, 3.8) is 0 Å². The van der Waals surface area contributed by atoms with Crippen LogP contribution in [0.1, 0.15) is 13.8 Å². The monoisotopic (exact) mass is 177 g/mol. The molecule has 0 aliphatic rings. The molecule has 0 rings (SSSR count). The summed E-state index contributed by atoms with van der Waals surface area (Å²) in [6.45, 7) is 5.58. The Morgan fingerprint density at radius 2 is 2.00 bits per heavy atom. The van der Waals surface area contributed by atoms with Gasteiger partial charge in [0.25, 0.3) is 0 Å². The molecule has 12 heavy (non-hydrogen) atoms. The zero-order valence-corrected chi connectivity index (χ0v) is 8.04. The van der Waals surface area contributed by atoms with Gasteiger partial charge in [0, 0.05) is 13.2 Å². The topological polar surface area (TPSA) is 50.7 Å². The zero-order chi connectivity index (χ0) is 9.40. The molecule has 0 heterocycles. The van der Waals surface area contributed by atoms with E-state index in [0.29, 0.717) is 25.7 Å². The molecule has 0 radical (unpaired) electrons. The van der Waals surface area contributed by atoms with Gasteiger partial charge in [-0.3, -0.25) is 0 Å². The van der Waals surface area contributed by atoms with Crippen molar-refractivity contribution in [2.45, 2.75) is 20.0 Å². The first-order valence-corrected chi connectivity index (χ1v) is 4.18. The number of hydrogen-bond acceptors (Lipinski definition) is 4. The van der Waals surface area contributed by atoms with Crippen molar-refractivity contribution in [2.24, 2.45) is 5.92 Å². The maximum Gasteiger partial charge on any atom is 0.0920 e. The van der Waals surface area contributed by atoms with Crippen LogP contribution in [0.3, 0.4) is 0 Å². The van der Waals surface area contributed by atoms with E-state index in [1.807, 2.05) is 0 Å². The molecule has 0 aliphatic carbocycles. The Kier molecular flexibility index (Phi) is 7.39. The van der Waals surface area contributed by atoms with E-state index in [-0.39, 0.29) is 0 Å². The van der Waals surface area contributed by atoms with Crippen LogP contribution in [0.25, 0.3) is 0 Å². The number of aliphatic hydroxyl groups excluding tert-OH is 1. The normalized spacial score (nSPS) is 13.8. The lowest BCUT2D eigenvalue weighted by molar-refractivity contribution is -0.00371. The van der Waals surface area contributed by atoms with E-state index in [4.69, 9.17) is 4.74 Å². The second-order valence-electron chi connectivity index (χ2n) is 3.14. The summed E-state index contributed by atoms with van der Waals surface area (Å²) in [5.41, 5.74) is 2.56. The van der Waals surface area contributed by atoms with Gasteiger partial charge in [-0.2, -0.15) is 0 Å². The molecule has 2 N–H and O–H groups in total. The molecule has 1 unspecified atom stereocenters. The largest absolute Gasteiger partial charge is 0.389 e. The van der Waals surface area contributed by atoms with Gasteiger partial charge in [0.05, 0.1) is 19.8 Å². The highest BCUT2D eigenvalue weighted by Crippen LogP contribution is 1.93. The van der Waals surface area contributed by atoms with Crippen molar-refractivity contribution >= 4 is 0 Å². The van der Waals surface area contributed by atoms with Gasteiger partial charge in [-0.15, -0.1) is 0 Å². The maximum atomic E-state index is 9.23. The summed E-state index contributed by atoms with van der Waals surface area (Å²) in [6.07, 6.45) is -0.497. The van der Waals surface area contributed by atoms with Crippen LogP contribution in [-0.4, -0.2) is 38.1 Å². The highest BCUT2D eigenvalue weighted by atomic mass is 16.6.